The molecule has 0 radical (unpaired) electrons. The van der Waals surface area contributed by atoms with Crippen molar-refractivity contribution in [3.8, 4) is 17.0 Å². The van der Waals surface area contributed by atoms with Crippen LogP contribution in [0.15, 0.2) is 103 Å². The third-order valence-electron chi connectivity index (χ3n) is 6.35. The number of fused-ring (bicyclic) bond motifs is 2. The molecule has 0 aliphatic heterocycles. The summed E-state index contributed by atoms with van der Waals surface area (Å²) >= 11 is 0. The van der Waals surface area contributed by atoms with E-state index in [-0.39, 0.29) is 11.7 Å². The molecule has 0 aliphatic rings. The Morgan fingerprint density at radius 1 is 0.895 bits per heavy atom. The standard InChI is InChI=1S/C30H24N5O2P/c36-26-11-4-3-10-24(26)25-16-28(35-29(34-25)27(38)18-32-35)31-17-19-6-5-9-23(14-19)33-30(37)22-13-12-20-7-1-2-8-21(20)15-22/h1-16,18,31,36H,17,38H2,(H,33,37). The van der Waals surface area contributed by atoms with Gasteiger partial charge in [0.25, 0.3) is 5.91 Å². The summed E-state index contributed by atoms with van der Waals surface area (Å²) in [7, 11) is 2.65. The second kappa shape index (κ2) is 9.96. The van der Waals surface area contributed by atoms with Crippen LogP contribution < -0.4 is 15.9 Å². The molecule has 2 heterocycles. The van der Waals surface area contributed by atoms with E-state index in [1.165, 1.54) is 0 Å². The Morgan fingerprint density at radius 2 is 1.71 bits per heavy atom. The van der Waals surface area contributed by atoms with Crippen molar-refractivity contribution in [1.82, 2.24) is 14.6 Å². The van der Waals surface area contributed by atoms with Crippen molar-refractivity contribution in [3.63, 3.8) is 0 Å². The number of rotatable bonds is 6. The van der Waals surface area contributed by atoms with Gasteiger partial charge in [-0.3, -0.25) is 4.79 Å². The molecule has 38 heavy (non-hydrogen) atoms. The van der Waals surface area contributed by atoms with Crippen molar-refractivity contribution >= 4 is 48.4 Å². The van der Waals surface area contributed by atoms with E-state index in [0.717, 1.165) is 27.5 Å². The fourth-order valence-corrected chi connectivity index (χ4v) is 4.67. The molecule has 1 unspecified atom stereocenters. The number of carbonyl (C=O) groups is 1. The van der Waals surface area contributed by atoms with E-state index in [4.69, 9.17) is 4.98 Å². The molecule has 0 saturated carbocycles. The fourth-order valence-electron chi connectivity index (χ4n) is 4.42. The van der Waals surface area contributed by atoms with Crippen LogP contribution in [0, 0.1) is 0 Å². The Morgan fingerprint density at radius 3 is 2.58 bits per heavy atom. The minimum absolute atomic E-state index is 0.159. The number of nitrogens with one attached hydrogen (secondary N) is 2. The van der Waals surface area contributed by atoms with Crippen molar-refractivity contribution in [1.29, 1.82) is 0 Å². The lowest BCUT2D eigenvalue weighted by Gasteiger charge is -2.13. The van der Waals surface area contributed by atoms with E-state index in [9.17, 15) is 9.90 Å². The van der Waals surface area contributed by atoms with Crippen molar-refractivity contribution in [2.24, 2.45) is 0 Å². The summed E-state index contributed by atoms with van der Waals surface area (Å²) in [4.78, 5) is 17.6. The highest BCUT2D eigenvalue weighted by atomic mass is 31.0. The van der Waals surface area contributed by atoms with Crippen LogP contribution in [0.1, 0.15) is 15.9 Å². The van der Waals surface area contributed by atoms with E-state index in [1.54, 1.807) is 22.8 Å². The number of hydrogen-bond acceptors (Lipinski definition) is 5. The maximum absolute atomic E-state index is 12.9. The lowest BCUT2D eigenvalue weighted by molar-refractivity contribution is 0.102. The highest BCUT2D eigenvalue weighted by Gasteiger charge is 2.13. The maximum Gasteiger partial charge on any atom is 0.255 e. The number of phenols is 1. The summed E-state index contributed by atoms with van der Waals surface area (Å²) in [6.07, 6.45) is 1.73. The number of hydrogen-bond donors (Lipinski definition) is 3. The Labute approximate surface area is 221 Å². The van der Waals surface area contributed by atoms with Crippen molar-refractivity contribution in [3.05, 3.63) is 114 Å². The van der Waals surface area contributed by atoms with Gasteiger partial charge in [-0.1, -0.05) is 63.8 Å². The predicted octanol–water partition coefficient (Wildman–Crippen LogP) is 5.62. The summed E-state index contributed by atoms with van der Waals surface area (Å²) in [6, 6.07) is 30.4. The number of aromatic nitrogens is 3. The summed E-state index contributed by atoms with van der Waals surface area (Å²) < 4.78 is 1.73. The minimum Gasteiger partial charge on any atom is -0.507 e. The van der Waals surface area contributed by atoms with E-state index in [1.807, 2.05) is 84.9 Å². The van der Waals surface area contributed by atoms with Gasteiger partial charge in [0.1, 0.15) is 11.6 Å². The number of nitrogens with zero attached hydrogens (tertiary/aromatic N) is 3. The third-order valence-corrected chi connectivity index (χ3v) is 6.76. The van der Waals surface area contributed by atoms with Crippen LogP contribution in [-0.2, 0) is 6.54 Å². The van der Waals surface area contributed by atoms with Crippen LogP contribution in [0.5, 0.6) is 5.75 Å². The first kappa shape index (κ1) is 23.6. The van der Waals surface area contributed by atoms with Crippen LogP contribution in [0.2, 0.25) is 0 Å². The molecule has 4 aromatic carbocycles. The van der Waals surface area contributed by atoms with E-state index >= 15 is 0 Å². The second-order valence-electron chi connectivity index (χ2n) is 8.95. The molecular weight excluding hydrogens is 493 g/mol. The van der Waals surface area contributed by atoms with Gasteiger partial charge in [0.05, 0.1) is 11.9 Å². The normalized spacial score (nSPS) is 11.1. The third kappa shape index (κ3) is 4.67. The second-order valence-corrected chi connectivity index (χ2v) is 9.57. The Balaban J connectivity index is 1.23. The first-order valence-electron chi connectivity index (χ1n) is 12.1. The molecular formula is C30H24N5O2P. The number of carbonyl (C=O) groups excluding carboxylic acids is 1. The van der Waals surface area contributed by atoms with Crippen molar-refractivity contribution in [2.75, 3.05) is 10.6 Å². The Kier molecular flexibility index (Phi) is 6.20. The van der Waals surface area contributed by atoms with E-state index in [2.05, 4.69) is 25.0 Å². The molecule has 0 bridgehead atoms. The molecule has 0 fully saturated rings. The number of phenolic OH excluding ortho intramolecular Hbond substituents is 1. The highest BCUT2D eigenvalue weighted by molar-refractivity contribution is 7.28. The predicted molar refractivity (Wildman–Crippen MR) is 155 cm³/mol. The number of para-hydroxylation sites is 1. The molecule has 0 saturated heterocycles. The van der Waals surface area contributed by atoms with Gasteiger partial charge in [0.2, 0.25) is 0 Å². The van der Waals surface area contributed by atoms with Crippen LogP contribution in [-0.4, -0.2) is 25.6 Å². The van der Waals surface area contributed by atoms with Gasteiger partial charge in [-0.25, -0.2) is 4.98 Å². The van der Waals surface area contributed by atoms with Gasteiger partial charge in [0.15, 0.2) is 5.65 Å². The van der Waals surface area contributed by atoms with Gasteiger partial charge in [-0.2, -0.15) is 9.61 Å². The largest absolute Gasteiger partial charge is 0.507 e. The van der Waals surface area contributed by atoms with Gasteiger partial charge in [-0.15, -0.1) is 0 Å². The van der Waals surface area contributed by atoms with E-state index < -0.39 is 0 Å². The average Bonchev–Trinajstić information content (AvgIpc) is 3.32. The number of anilines is 2. The zero-order chi connectivity index (χ0) is 26.1. The van der Waals surface area contributed by atoms with Gasteiger partial charge < -0.3 is 15.7 Å². The highest BCUT2D eigenvalue weighted by Crippen LogP contribution is 2.29. The van der Waals surface area contributed by atoms with Crippen LogP contribution in [0.25, 0.3) is 27.7 Å². The molecule has 6 rings (SSSR count). The fraction of sp³-hybridized carbons (Fsp3) is 0.0333. The molecule has 0 spiro atoms. The summed E-state index contributed by atoms with van der Waals surface area (Å²) in [5, 5.41) is 24.2. The quantitative estimate of drug-likeness (QED) is 0.250. The van der Waals surface area contributed by atoms with Crippen LogP contribution in [0.3, 0.4) is 0 Å². The lowest BCUT2D eigenvalue weighted by Crippen LogP contribution is -2.12. The molecule has 186 valence electrons. The minimum atomic E-state index is -0.159. The summed E-state index contributed by atoms with van der Waals surface area (Å²) in [6.45, 7) is 0.491. The van der Waals surface area contributed by atoms with Gasteiger partial charge in [0, 0.05) is 34.7 Å². The van der Waals surface area contributed by atoms with Crippen molar-refractivity contribution in [2.45, 2.75) is 6.54 Å². The summed E-state index contributed by atoms with van der Waals surface area (Å²) in [5.41, 5.74) is 4.25. The molecule has 1 atom stereocenters. The topological polar surface area (TPSA) is 91.5 Å². The SMILES string of the molecule is O=C(Nc1cccc(CNc2cc(-c3ccccc3O)nc3c(P)cnn23)c1)c1ccc2ccccc2c1. The molecule has 2 aromatic heterocycles. The smallest absolute Gasteiger partial charge is 0.255 e. The number of benzene rings is 4. The first-order valence-corrected chi connectivity index (χ1v) is 12.7. The van der Waals surface area contributed by atoms with Gasteiger partial charge in [-0.05, 0) is 52.7 Å². The monoisotopic (exact) mass is 517 g/mol. The van der Waals surface area contributed by atoms with Crippen LogP contribution >= 0.6 is 9.24 Å². The van der Waals surface area contributed by atoms with E-state index in [0.29, 0.717) is 34.7 Å². The molecule has 7 nitrogen and oxygen atoms in total. The molecule has 3 N–H and O–H groups in total. The molecule has 1 amide bonds. The number of amides is 1. The zero-order valence-electron chi connectivity index (χ0n) is 20.3. The maximum atomic E-state index is 12.9. The Hall–Kier alpha value is -4.74. The zero-order valence-corrected chi connectivity index (χ0v) is 21.5. The van der Waals surface area contributed by atoms with Gasteiger partial charge >= 0.3 is 0 Å². The average molecular weight is 518 g/mol. The first-order chi connectivity index (χ1) is 18.5. The van der Waals surface area contributed by atoms with Crippen molar-refractivity contribution < 1.29 is 9.90 Å². The Bertz CT molecular complexity index is 1810. The summed E-state index contributed by atoms with van der Waals surface area (Å²) in [5.74, 6) is 0.732. The molecule has 6 aromatic rings. The molecule has 0 aliphatic carbocycles. The lowest BCUT2D eigenvalue weighted by atomic mass is 10.1. The van der Waals surface area contributed by atoms with Crippen LogP contribution in [0.4, 0.5) is 11.5 Å². The molecule has 8 heteroatoms. The number of aromatic hydroxyl groups is 1.